The highest BCUT2D eigenvalue weighted by Crippen LogP contribution is 2.49. The molecule has 0 spiro atoms. The molecular formula is C22H20ClNO3S2. The second-order valence-corrected chi connectivity index (χ2v) is 10.1. The van der Waals surface area contributed by atoms with Crippen LogP contribution < -0.4 is 0 Å². The largest absolute Gasteiger partial charge is 0.456 e. The SMILES string of the molecule is O=C1/C(=C\c2oc(-c3ccc(Cl)cc3)cc2CO)SC(=S)N1C1CC2CCC1C2. The van der Waals surface area contributed by atoms with E-state index >= 15 is 0 Å². The fourth-order valence-electron chi connectivity index (χ4n) is 4.86. The topological polar surface area (TPSA) is 53.7 Å². The minimum atomic E-state index is -0.171. The average molecular weight is 446 g/mol. The van der Waals surface area contributed by atoms with E-state index in [1.54, 1.807) is 24.3 Å². The van der Waals surface area contributed by atoms with Crippen molar-refractivity contribution in [3.8, 4) is 11.3 Å². The monoisotopic (exact) mass is 445 g/mol. The van der Waals surface area contributed by atoms with E-state index in [9.17, 15) is 9.90 Å². The predicted octanol–water partition coefficient (Wildman–Crippen LogP) is 5.48. The molecule has 3 unspecified atom stereocenters. The summed E-state index contributed by atoms with van der Waals surface area (Å²) >= 11 is 12.8. The van der Waals surface area contributed by atoms with Crippen LogP contribution in [-0.4, -0.2) is 26.3 Å². The first-order valence-electron chi connectivity index (χ1n) is 9.80. The molecule has 1 amide bonds. The number of nitrogens with zero attached hydrogens (tertiary/aromatic N) is 1. The number of hydrogen-bond acceptors (Lipinski definition) is 5. The maximum Gasteiger partial charge on any atom is 0.266 e. The number of carbonyl (C=O) groups is 1. The third kappa shape index (κ3) is 3.46. The highest BCUT2D eigenvalue weighted by Gasteiger charge is 2.48. The van der Waals surface area contributed by atoms with Gasteiger partial charge in [-0.1, -0.05) is 42.0 Å². The normalized spacial score (nSPS) is 27.6. The third-order valence-electron chi connectivity index (χ3n) is 6.26. The summed E-state index contributed by atoms with van der Waals surface area (Å²) in [6.45, 7) is -0.171. The molecule has 4 nitrogen and oxygen atoms in total. The van der Waals surface area contributed by atoms with Gasteiger partial charge in [-0.2, -0.15) is 0 Å². The fourth-order valence-corrected chi connectivity index (χ4v) is 6.33. The van der Waals surface area contributed by atoms with Gasteiger partial charge in [0.05, 0.1) is 11.5 Å². The highest BCUT2D eigenvalue weighted by molar-refractivity contribution is 8.26. The van der Waals surface area contributed by atoms with Crippen LogP contribution in [0.5, 0.6) is 0 Å². The van der Waals surface area contributed by atoms with E-state index in [2.05, 4.69) is 0 Å². The number of benzene rings is 1. The first-order valence-corrected chi connectivity index (χ1v) is 11.4. The first kappa shape index (κ1) is 19.4. The molecule has 3 fully saturated rings. The van der Waals surface area contributed by atoms with Crippen molar-refractivity contribution < 1.29 is 14.3 Å². The Morgan fingerprint density at radius 3 is 2.72 bits per heavy atom. The molecule has 1 aromatic heterocycles. The van der Waals surface area contributed by atoms with Crippen molar-refractivity contribution in [3.63, 3.8) is 0 Å². The van der Waals surface area contributed by atoms with Crippen molar-refractivity contribution in [1.82, 2.24) is 4.90 Å². The molecule has 1 saturated heterocycles. The van der Waals surface area contributed by atoms with Crippen molar-refractivity contribution in [1.29, 1.82) is 0 Å². The van der Waals surface area contributed by atoms with Crippen molar-refractivity contribution in [2.75, 3.05) is 0 Å². The molecule has 2 aliphatic carbocycles. The number of halogens is 1. The summed E-state index contributed by atoms with van der Waals surface area (Å²) < 4.78 is 6.61. The van der Waals surface area contributed by atoms with Crippen molar-refractivity contribution >= 4 is 51.9 Å². The Hall–Kier alpha value is -1.60. The van der Waals surface area contributed by atoms with Gasteiger partial charge in [-0.15, -0.1) is 0 Å². The van der Waals surface area contributed by atoms with Gasteiger partial charge in [0, 0.05) is 28.3 Å². The van der Waals surface area contributed by atoms with Crippen LogP contribution in [0.4, 0.5) is 0 Å². The van der Waals surface area contributed by atoms with E-state index in [1.807, 2.05) is 17.0 Å². The zero-order valence-corrected chi connectivity index (χ0v) is 18.0. The average Bonchev–Trinajstić information content (AvgIpc) is 3.47. The third-order valence-corrected chi connectivity index (χ3v) is 7.84. The summed E-state index contributed by atoms with van der Waals surface area (Å²) in [6, 6.07) is 9.34. The van der Waals surface area contributed by atoms with Gasteiger partial charge >= 0.3 is 0 Å². The maximum absolute atomic E-state index is 13.1. The lowest BCUT2D eigenvalue weighted by atomic mass is 9.94. The molecule has 2 heterocycles. The number of rotatable bonds is 4. The van der Waals surface area contributed by atoms with Gasteiger partial charge < -0.3 is 9.52 Å². The van der Waals surface area contributed by atoms with Crippen LogP contribution >= 0.6 is 35.6 Å². The summed E-state index contributed by atoms with van der Waals surface area (Å²) in [5.74, 6) is 2.40. The Kier molecular flexibility index (Phi) is 5.06. The molecule has 150 valence electrons. The summed E-state index contributed by atoms with van der Waals surface area (Å²) in [5.41, 5.74) is 1.50. The van der Waals surface area contributed by atoms with Crippen molar-refractivity contribution in [2.45, 2.75) is 38.3 Å². The van der Waals surface area contributed by atoms with Crippen LogP contribution in [0.1, 0.15) is 37.0 Å². The standard InChI is InChI=1S/C22H20ClNO3S2/c23-16-5-3-13(4-6-16)18-9-15(11-25)19(27-18)10-20-21(26)24(22(28)29-20)17-8-12-1-2-14(17)7-12/h3-6,9-10,12,14,17,25H,1-2,7-8,11H2/b20-10+. The number of aliphatic hydroxyl groups is 1. The minimum absolute atomic E-state index is 0.0362. The molecule has 7 heteroatoms. The predicted molar refractivity (Wildman–Crippen MR) is 119 cm³/mol. The Labute approximate surface area is 183 Å². The van der Waals surface area contributed by atoms with Gasteiger partial charge in [0.15, 0.2) is 0 Å². The number of amides is 1. The van der Waals surface area contributed by atoms with Crippen LogP contribution in [0.15, 0.2) is 39.7 Å². The molecule has 29 heavy (non-hydrogen) atoms. The molecule has 1 aliphatic heterocycles. The number of furan rings is 1. The van der Waals surface area contributed by atoms with Crippen molar-refractivity contribution in [3.05, 3.63) is 51.6 Å². The molecule has 3 atom stereocenters. The second kappa shape index (κ2) is 7.58. The number of hydrogen-bond donors (Lipinski definition) is 1. The van der Waals surface area contributed by atoms with E-state index in [4.69, 9.17) is 28.2 Å². The van der Waals surface area contributed by atoms with Gasteiger partial charge in [-0.25, -0.2) is 0 Å². The van der Waals surface area contributed by atoms with Crippen LogP contribution in [-0.2, 0) is 11.4 Å². The van der Waals surface area contributed by atoms with E-state index in [-0.39, 0.29) is 18.6 Å². The molecule has 2 bridgehead atoms. The quantitative estimate of drug-likeness (QED) is 0.498. The van der Waals surface area contributed by atoms with E-state index in [0.29, 0.717) is 37.3 Å². The number of thioether (sulfide) groups is 1. The summed E-state index contributed by atoms with van der Waals surface area (Å²) in [7, 11) is 0. The second-order valence-electron chi connectivity index (χ2n) is 7.96. The lowest BCUT2D eigenvalue weighted by molar-refractivity contribution is -0.124. The van der Waals surface area contributed by atoms with Gasteiger partial charge in [0.25, 0.3) is 5.91 Å². The Morgan fingerprint density at radius 1 is 1.28 bits per heavy atom. The Morgan fingerprint density at radius 2 is 2.07 bits per heavy atom. The smallest absolute Gasteiger partial charge is 0.266 e. The minimum Gasteiger partial charge on any atom is -0.456 e. The summed E-state index contributed by atoms with van der Waals surface area (Å²) in [4.78, 5) is 15.5. The summed E-state index contributed by atoms with van der Waals surface area (Å²) in [6.07, 6.45) is 6.48. The van der Waals surface area contributed by atoms with E-state index in [1.165, 1.54) is 31.0 Å². The molecule has 1 N–H and O–H groups in total. The van der Waals surface area contributed by atoms with Gasteiger partial charge in [-0.05, 0) is 61.4 Å². The Bertz CT molecular complexity index is 1010. The van der Waals surface area contributed by atoms with E-state index < -0.39 is 0 Å². The fraction of sp³-hybridized carbons (Fsp3) is 0.364. The van der Waals surface area contributed by atoms with Crippen LogP contribution in [0.3, 0.4) is 0 Å². The van der Waals surface area contributed by atoms with Crippen LogP contribution in [0.2, 0.25) is 5.02 Å². The number of aliphatic hydroxyl groups excluding tert-OH is 1. The molecule has 5 rings (SSSR count). The molecule has 1 aromatic carbocycles. The molecule has 2 aromatic rings. The lowest BCUT2D eigenvalue weighted by Gasteiger charge is -2.30. The maximum atomic E-state index is 13.1. The van der Waals surface area contributed by atoms with Crippen LogP contribution in [0, 0.1) is 11.8 Å². The molecule has 2 saturated carbocycles. The molecule has 3 aliphatic rings. The molecular weight excluding hydrogens is 426 g/mol. The lowest BCUT2D eigenvalue weighted by Crippen LogP contribution is -2.41. The molecule has 0 radical (unpaired) electrons. The van der Waals surface area contributed by atoms with Crippen LogP contribution in [0.25, 0.3) is 17.4 Å². The number of fused-ring (bicyclic) bond motifs is 2. The van der Waals surface area contributed by atoms with Gasteiger partial charge in [0.2, 0.25) is 0 Å². The summed E-state index contributed by atoms with van der Waals surface area (Å²) in [5, 5.41) is 10.4. The van der Waals surface area contributed by atoms with Crippen molar-refractivity contribution in [2.24, 2.45) is 11.8 Å². The van der Waals surface area contributed by atoms with E-state index in [0.717, 1.165) is 17.9 Å². The number of carbonyl (C=O) groups excluding carboxylic acids is 1. The van der Waals surface area contributed by atoms with Gasteiger partial charge in [-0.3, -0.25) is 9.69 Å². The van der Waals surface area contributed by atoms with Gasteiger partial charge in [0.1, 0.15) is 15.8 Å². The first-order chi connectivity index (χ1) is 14.0. The highest BCUT2D eigenvalue weighted by atomic mass is 35.5. The zero-order chi connectivity index (χ0) is 20.1. The zero-order valence-electron chi connectivity index (χ0n) is 15.6. The number of thiocarbonyl (C=S) groups is 1. The Balaban J connectivity index is 1.43.